The van der Waals surface area contributed by atoms with E-state index in [4.69, 9.17) is 32.7 Å². The molecular weight excluding hydrogens is 375 g/mol. The Hall–Kier alpha value is -1.95. The molecule has 1 saturated heterocycles. The van der Waals surface area contributed by atoms with Crippen LogP contribution in [0.15, 0.2) is 36.4 Å². The molecule has 5 nitrogen and oxygen atoms in total. The second-order valence-corrected chi connectivity index (χ2v) is 7.15. The Morgan fingerprint density at radius 1 is 0.962 bits per heavy atom. The van der Waals surface area contributed by atoms with Crippen LogP contribution in [0.4, 0.5) is 0 Å². The Morgan fingerprint density at radius 3 is 2.38 bits per heavy atom. The smallest absolute Gasteiger partial charge is 0.254 e. The van der Waals surface area contributed by atoms with Crippen molar-refractivity contribution < 1.29 is 14.3 Å². The third-order valence-electron chi connectivity index (χ3n) is 4.72. The maximum absolute atomic E-state index is 12.7. The van der Waals surface area contributed by atoms with Crippen molar-refractivity contribution in [2.45, 2.75) is 6.54 Å². The van der Waals surface area contributed by atoms with Crippen molar-refractivity contribution in [2.24, 2.45) is 0 Å². The van der Waals surface area contributed by atoms with Gasteiger partial charge in [-0.05, 0) is 30.3 Å². The van der Waals surface area contributed by atoms with Crippen LogP contribution in [0, 0.1) is 0 Å². The number of carbonyl (C=O) groups is 1. The maximum atomic E-state index is 12.7. The first-order valence-corrected chi connectivity index (χ1v) is 9.21. The molecule has 0 unspecified atom stereocenters. The van der Waals surface area contributed by atoms with E-state index in [2.05, 4.69) is 4.90 Å². The third kappa shape index (κ3) is 3.47. The molecule has 0 bridgehead atoms. The van der Waals surface area contributed by atoms with E-state index < -0.39 is 0 Å². The normalized spacial score (nSPS) is 16.8. The number of amides is 1. The average molecular weight is 393 g/mol. The standard InChI is InChI=1S/C19H18Cl2N2O3/c20-15-2-1-3-16(21)14(15)11-22-6-8-23(9-7-22)19(24)13-4-5-17-18(10-13)26-12-25-17/h1-5,10H,6-9,11-12H2. The summed E-state index contributed by atoms with van der Waals surface area (Å²) in [6.07, 6.45) is 0. The molecule has 26 heavy (non-hydrogen) atoms. The van der Waals surface area contributed by atoms with E-state index in [0.29, 0.717) is 46.7 Å². The van der Waals surface area contributed by atoms with Crippen molar-refractivity contribution in [1.29, 1.82) is 0 Å². The predicted molar refractivity (Wildman–Crippen MR) is 100 cm³/mol. The van der Waals surface area contributed by atoms with Gasteiger partial charge in [0.15, 0.2) is 11.5 Å². The Bertz CT molecular complexity index is 815. The van der Waals surface area contributed by atoms with Gasteiger partial charge in [-0.25, -0.2) is 0 Å². The number of benzene rings is 2. The molecule has 0 radical (unpaired) electrons. The van der Waals surface area contributed by atoms with Crippen LogP contribution in [0.5, 0.6) is 11.5 Å². The van der Waals surface area contributed by atoms with Crippen LogP contribution in [-0.4, -0.2) is 48.7 Å². The topological polar surface area (TPSA) is 42.0 Å². The van der Waals surface area contributed by atoms with Gasteiger partial charge >= 0.3 is 0 Å². The fourth-order valence-electron chi connectivity index (χ4n) is 3.23. The zero-order chi connectivity index (χ0) is 18.1. The maximum Gasteiger partial charge on any atom is 0.254 e. The van der Waals surface area contributed by atoms with Crippen LogP contribution in [0.2, 0.25) is 10.0 Å². The van der Waals surface area contributed by atoms with E-state index in [1.165, 1.54) is 0 Å². The third-order valence-corrected chi connectivity index (χ3v) is 5.43. The number of halogens is 2. The molecule has 1 fully saturated rings. The number of fused-ring (bicyclic) bond motifs is 1. The van der Waals surface area contributed by atoms with Crippen molar-refractivity contribution in [3.8, 4) is 11.5 Å². The molecule has 2 aliphatic heterocycles. The van der Waals surface area contributed by atoms with Gasteiger partial charge in [0.2, 0.25) is 6.79 Å². The van der Waals surface area contributed by atoms with Gasteiger partial charge in [0.1, 0.15) is 0 Å². The lowest BCUT2D eigenvalue weighted by Crippen LogP contribution is -2.48. The van der Waals surface area contributed by atoms with Gasteiger partial charge in [0.25, 0.3) is 5.91 Å². The van der Waals surface area contributed by atoms with E-state index in [0.717, 1.165) is 18.7 Å². The summed E-state index contributed by atoms with van der Waals surface area (Å²) >= 11 is 12.5. The number of hydrogen-bond acceptors (Lipinski definition) is 4. The zero-order valence-corrected chi connectivity index (χ0v) is 15.6. The minimum absolute atomic E-state index is 0.0127. The minimum atomic E-state index is 0.0127. The van der Waals surface area contributed by atoms with Crippen LogP contribution in [-0.2, 0) is 6.54 Å². The summed E-state index contributed by atoms with van der Waals surface area (Å²) < 4.78 is 10.6. The number of nitrogens with zero attached hydrogens (tertiary/aromatic N) is 2. The molecule has 1 amide bonds. The first-order valence-electron chi connectivity index (χ1n) is 8.46. The van der Waals surface area contributed by atoms with Gasteiger partial charge in [0.05, 0.1) is 0 Å². The van der Waals surface area contributed by atoms with Crippen LogP contribution in [0.25, 0.3) is 0 Å². The lowest BCUT2D eigenvalue weighted by atomic mass is 10.1. The highest BCUT2D eigenvalue weighted by atomic mass is 35.5. The lowest BCUT2D eigenvalue weighted by Gasteiger charge is -2.35. The first-order chi connectivity index (χ1) is 12.6. The van der Waals surface area contributed by atoms with Crippen molar-refractivity contribution >= 4 is 29.1 Å². The van der Waals surface area contributed by atoms with Gasteiger partial charge in [-0.15, -0.1) is 0 Å². The van der Waals surface area contributed by atoms with Gasteiger partial charge in [0, 0.05) is 53.9 Å². The zero-order valence-electron chi connectivity index (χ0n) is 14.1. The van der Waals surface area contributed by atoms with Gasteiger partial charge in [-0.3, -0.25) is 9.69 Å². The largest absolute Gasteiger partial charge is 0.454 e. The van der Waals surface area contributed by atoms with Crippen LogP contribution >= 0.6 is 23.2 Å². The quantitative estimate of drug-likeness (QED) is 0.798. The summed E-state index contributed by atoms with van der Waals surface area (Å²) in [6.45, 7) is 3.77. The fourth-order valence-corrected chi connectivity index (χ4v) is 3.75. The van der Waals surface area contributed by atoms with E-state index in [1.807, 2.05) is 23.1 Å². The molecule has 0 N–H and O–H groups in total. The monoisotopic (exact) mass is 392 g/mol. The van der Waals surface area contributed by atoms with Gasteiger partial charge in [-0.1, -0.05) is 29.3 Å². The summed E-state index contributed by atoms with van der Waals surface area (Å²) in [7, 11) is 0. The Balaban J connectivity index is 1.38. The number of piperazine rings is 1. The molecular formula is C19H18Cl2N2O3. The molecule has 2 aromatic carbocycles. The number of rotatable bonds is 3. The average Bonchev–Trinajstić information content (AvgIpc) is 3.12. The van der Waals surface area contributed by atoms with E-state index in [-0.39, 0.29) is 12.7 Å². The second kappa shape index (κ2) is 7.35. The molecule has 2 aromatic rings. The summed E-state index contributed by atoms with van der Waals surface area (Å²) in [5, 5.41) is 1.35. The molecule has 2 heterocycles. The van der Waals surface area contributed by atoms with Gasteiger partial charge < -0.3 is 14.4 Å². The number of carbonyl (C=O) groups excluding carboxylic acids is 1. The molecule has 0 spiro atoms. The summed E-state index contributed by atoms with van der Waals surface area (Å²) in [4.78, 5) is 16.9. The summed E-state index contributed by atoms with van der Waals surface area (Å²) in [5.74, 6) is 1.32. The Morgan fingerprint density at radius 2 is 1.65 bits per heavy atom. The van der Waals surface area contributed by atoms with Crippen molar-refractivity contribution in [2.75, 3.05) is 33.0 Å². The highest BCUT2D eigenvalue weighted by Gasteiger charge is 2.24. The Labute approximate surface area is 162 Å². The first kappa shape index (κ1) is 17.5. The van der Waals surface area contributed by atoms with E-state index >= 15 is 0 Å². The molecule has 0 aliphatic carbocycles. The molecule has 0 atom stereocenters. The molecule has 2 aliphatic rings. The van der Waals surface area contributed by atoms with Crippen LogP contribution < -0.4 is 9.47 Å². The number of hydrogen-bond donors (Lipinski definition) is 0. The molecule has 0 saturated carbocycles. The second-order valence-electron chi connectivity index (χ2n) is 6.34. The minimum Gasteiger partial charge on any atom is -0.454 e. The predicted octanol–water partition coefficient (Wildman–Crippen LogP) is 3.68. The van der Waals surface area contributed by atoms with Gasteiger partial charge in [-0.2, -0.15) is 0 Å². The van der Waals surface area contributed by atoms with Crippen molar-refractivity contribution in [3.05, 3.63) is 57.6 Å². The molecule has 4 rings (SSSR count). The van der Waals surface area contributed by atoms with Crippen LogP contribution in [0.3, 0.4) is 0 Å². The molecule has 136 valence electrons. The molecule has 0 aromatic heterocycles. The highest BCUT2D eigenvalue weighted by molar-refractivity contribution is 6.35. The summed E-state index contributed by atoms with van der Waals surface area (Å²) in [6, 6.07) is 10.9. The SMILES string of the molecule is O=C(c1ccc2c(c1)OCO2)N1CCN(Cc2c(Cl)cccc2Cl)CC1. The van der Waals surface area contributed by atoms with E-state index in [1.54, 1.807) is 18.2 Å². The molecule has 7 heteroatoms. The highest BCUT2D eigenvalue weighted by Crippen LogP contribution is 2.33. The van der Waals surface area contributed by atoms with Crippen molar-refractivity contribution in [3.63, 3.8) is 0 Å². The number of ether oxygens (including phenoxy) is 2. The van der Waals surface area contributed by atoms with Crippen molar-refractivity contribution in [1.82, 2.24) is 9.80 Å². The fraction of sp³-hybridized carbons (Fsp3) is 0.316. The Kier molecular flexibility index (Phi) is 4.94. The summed E-state index contributed by atoms with van der Waals surface area (Å²) in [5.41, 5.74) is 1.56. The van der Waals surface area contributed by atoms with Crippen LogP contribution in [0.1, 0.15) is 15.9 Å². The van der Waals surface area contributed by atoms with E-state index in [9.17, 15) is 4.79 Å². The lowest BCUT2D eigenvalue weighted by molar-refractivity contribution is 0.0628.